The summed E-state index contributed by atoms with van der Waals surface area (Å²) in [6.07, 6.45) is 1.73. The van der Waals surface area contributed by atoms with Gasteiger partial charge in [0.1, 0.15) is 0 Å². The molecule has 0 spiro atoms. The molecule has 0 heterocycles. The molecule has 0 saturated carbocycles. The highest BCUT2D eigenvalue weighted by Crippen LogP contribution is 2.23. The molecule has 0 aliphatic rings. The molecule has 1 amide bonds. The summed E-state index contributed by atoms with van der Waals surface area (Å²) < 4.78 is 0. The zero-order valence-corrected chi connectivity index (χ0v) is 13.9. The number of amides is 1. The minimum atomic E-state index is -0.0906. The molecule has 0 aromatic heterocycles. The summed E-state index contributed by atoms with van der Waals surface area (Å²) in [4.78, 5) is 12.5. The molecule has 2 aromatic rings. The lowest BCUT2D eigenvalue weighted by molar-refractivity contribution is 0.0949. The van der Waals surface area contributed by atoms with E-state index in [1.807, 2.05) is 68.4 Å². The molecular weight excluding hydrogens is 286 g/mol. The van der Waals surface area contributed by atoms with E-state index in [0.717, 1.165) is 24.0 Å². The van der Waals surface area contributed by atoms with Crippen LogP contribution in [0.25, 0.3) is 11.1 Å². The van der Waals surface area contributed by atoms with Crippen LogP contribution in [0, 0.1) is 5.41 Å². The van der Waals surface area contributed by atoms with Gasteiger partial charge in [-0.2, -0.15) is 0 Å². The normalized spacial score (nSPS) is 11.3. The third kappa shape index (κ3) is 4.93. The predicted molar refractivity (Wildman–Crippen MR) is 94.3 cm³/mol. The van der Waals surface area contributed by atoms with E-state index in [2.05, 4.69) is 5.32 Å². The highest BCUT2D eigenvalue weighted by Gasteiger charge is 2.16. The molecule has 0 aliphatic carbocycles. The fourth-order valence-corrected chi connectivity index (χ4v) is 2.49. The first kappa shape index (κ1) is 17.2. The molecule has 2 aromatic carbocycles. The number of carbonyl (C=O) groups is 1. The molecule has 2 N–H and O–H groups in total. The van der Waals surface area contributed by atoms with Crippen molar-refractivity contribution in [1.82, 2.24) is 5.32 Å². The fourth-order valence-electron chi connectivity index (χ4n) is 2.49. The van der Waals surface area contributed by atoms with E-state index in [0.29, 0.717) is 12.1 Å². The van der Waals surface area contributed by atoms with Crippen LogP contribution in [0.4, 0.5) is 0 Å². The van der Waals surface area contributed by atoms with Gasteiger partial charge in [0.25, 0.3) is 5.91 Å². The van der Waals surface area contributed by atoms with Gasteiger partial charge in [0.2, 0.25) is 0 Å². The van der Waals surface area contributed by atoms with Gasteiger partial charge >= 0.3 is 0 Å². The first-order valence-corrected chi connectivity index (χ1v) is 8.07. The van der Waals surface area contributed by atoms with Crippen molar-refractivity contribution in [3.63, 3.8) is 0 Å². The van der Waals surface area contributed by atoms with E-state index in [1.54, 1.807) is 0 Å². The van der Waals surface area contributed by atoms with Gasteiger partial charge < -0.3 is 10.4 Å². The zero-order valence-electron chi connectivity index (χ0n) is 13.9. The van der Waals surface area contributed by atoms with Crippen molar-refractivity contribution < 1.29 is 9.90 Å². The van der Waals surface area contributed by atoms with Crippen molar-refractivity contribution in [2.24, 2.45) is 5.41 Å². The first-order chi connectivity index (χ1) is 11.0. The number of aliphatic hydroxyl groups excluding tert-OH is 1. The van der Waals surface area contributed by atoms with Gasteiger partial charge in [-0.25, -0.2) is 0 Å². The molecule has 122 valence electrons. The van der Waals surface area contributed by atoms with Crippen LogP contribution in [-0.2, 0) is 0 Å². The quantitative estimate of drug-likeness (QED) is 0.762. The maximum Gasteiger partial charge on any atom is 0.251 e. The summed E-state index contributed by atoms with van der Waals surface area (Å²) in [6.45, 7) is 4.84. The van der Waals surface area contributed by atoms with E-state index >= 15 is 0 Å². The van der Waals surface area contributed by atoms with Gasteiger partial charge in [-0.05, 0) is 35.4 Å². The van der Waals surface area contributed by atoms with Crippen LogP contribution in [0.1, 0.15) is 37.0 Å². The average molecular weight is 311 g/mol. The Bertz CT molecular complexity index is 635. The minimum Gasteiger partial charge on any atom is -0.396 e. The molecule has 0 radical (unpaired) electrons. The maximum absolute atomic E-state index is 12.5. The van der Waals surface area contributed by atoms with Gasteiger partial charge in [0.15, 0.2) is 0 Å². The van der Waals surface area contributed by atoms with Crippen LogP contribution in [-0.4, -0.2) is 24.2 Å². The van der Waals surface area contributed by atoms with Crippen molar-refractivity contribution in [2.75, 3.05) is 13.2 Å². The molecule has 3 heteroatoms. The number of carbonyl (C=O) groups excluding carboxylic acids is 1. The van der Waals surface area contributed by atoms with Crippen molar-refractivity contribution in [3.05, 3.63) is 60.2 Å². The van der Waals surface area contributed by atoms with Crippen LogP contribution < -0.4 is 5.32 Å². The molecule has 0 atom stereocenters. The zero-order chi connectivity index (χ0) is 16.7. The van der Waals surface area contributed by atoms with Gasteiger partial charge in [-0.15, -0.1) is 0 Å². The number of rotatable bonds is 7. The van der Waals surface area contributed by atoms with Crippen LogP contribution in [0.2, 0.25) is 0 Å². The van der Waals surface area contributed by atoms with E-state index in [4.69, 9.17) is 0 Å². The van der Waals surface area contributed by atoms with Crippen LogP contribution in [0.5, 0.6) is 0 Å². The number of benzene rings is 2. The van der Waals surface area contributed by atoms with Crippen molar-refractivity contribution in [3.8, 4) is 11.1 Å². The fraction of sp³-hybridized carbons (Fsp3) is 0.350. The molecule has 0 saturated heterocycles. The third-order valence-electron chi connectivity index (χ3n) is 4.00. The van der Waals surface area contributed by atoms with E-state index in [9.17, 15) is 9.90 Å². The largest absolute Gasteiger partial charge is 0.396 e. The number of aliphatic hydroxyl groups is 1. The number of hydrogen-bond donors (Lipinski definition) is 2. The molecule has 0 unspecified atom stereocenters. The highest BCUT2D eigenvalue weighted by atomic mass is 16.3. The standard InChI is InChI=1S/C20H25NO2/c1-20(2,15-22)13-8-14-21-19(23)18-12-7-6-11-17(18)16-9-4-3-5-10-16/h3-7,9-12,22H,8,13-15H2,1-2H3,(H,21,23). The topological polar surface area (TPSA) is 49.3 Å². The van der Waals surface area contributed by atoms with Crippen molar-refractivity contribution >= 4 is 5.91 Å². The summed E-state index contributed by atoms with van der Waals surface area (Å²) in [5.41, 5.74) is 2.59. The van der Waals surface area contributed by atoms with Crippen LogP contribution in [0.15, 0.2) is 54.6 Å². The Labute approximate surface area is 138 Å². The van der Waals surface area contributed by atoms with Crippen molar-refractivity contribution in [2.45, 2.75) is 26.7 Å². The number of hydrogen-bond acceptors (Lipinski definition) is 2. The molecule has 3 nitrogen and oxygen atoms in total. The predicted octanol–water partition coefficient (Wildman–Crippen LogP) is 3.88. The lowest BCUT2D eigenvalue weighted by Gasteiger charge is -2.21. The Hall–Kier alpha value is -2.13. The summed E-state index contributed by atoms with van der Waals surface area (Å²) in [7, 11) is 0. The monoisotopic (exact) mass is 311 g/mol. The summed E-state index contributed by atoms with van der Waals surface area (Å²) in [5, 5.41) is 12.2. The molecule has 0 aliphatic heterocycles. The second-order valence-electron chi connectivity index (χ2n) is 6.59. The number of nitrogens with one attached hydrogen (secondary N) is 1. The summed E-state index contributed by atoms with van der Waals surface area (Å²) >= 11 is 0. The van der Waals surface area contributed by atoms with Crippen LogP contribution in [0.3, 0.4) is 0 Å². The molecule has 0 fully saturated rings. The molecular formula is C20H25NO2. The second-order valence-corrected chi connectivity index (χ2v) is 6.59. The second kappa shape index (κ2) is 7.93. The first-order valence-electron chi connectivity index (χ1n) is 8.07. The van der Waals surface area contributed by atoms with Gasteiger partial charge in [0, 0.05) is 18.7 Å². The SMILES string of the molecule is CC(C)(CO)CCCNC(=O)c1ccccc1-c1ccccc1. The molecule has 2 rings (SSSR count). The van der Waals surface area contributed by atoms with E-state index in [-0.39, 0.29) is 17.9 Å². The smallest absolute Gasteiger partial charge is 0.251 e. The van der Waals surface area contributed by atoms with Gasteiger partial charge in [0.05, 0.1) is 0 Å². The highest BCUT2D eigenvalue weighted by molar-refractivity contribution is 6.00. The van der Waals surface area contributed by atoms with Gasteiger partial charge in [-0.1, -0.05) is 62.4 Å². The Morgan fingerprint density at radius 1 is 1.04 bits per heavy atom. The Morgan fingerprint density at radius 2 is 1.70 bits per heavy atom. The molecule has 23 heavy (non-hydrogen) atoms. The summed E-state index contributed by atoms with van der Waals surface area (Å²) in [6, 6.07) is 17.6. The van der Waals surface area contributed by atoms with E-state index in [1.165, 1.54) is 0 Å². The van der Waals surface area contributed by atoms with Crippen molar-refractivity contribution in [1.29, 1.82) is 0 Å². The van der Waals surface area contributed by atoms with Crippen LogP contribution >= 0.6 is 0 Å². The Morgan fingerprint density at radius 3 is 2.39 bits per heavy atom. The maximum atomic E-state index is 12.5. The van der Waals surface area contributed by atoms with Gasteiger partial charge in [-0.3, -0.25) is 4.79 Å². The Balaban J connectivity index is 2.01. The van der Waals surface area contributed by atoms with E-state index < -0.39 is 0 Å². The molecule has 0 bridgehead atoms. The lowest BCUT2D eigenvalue weighted by atomic mass is 9.89. The Kier molecular flexibility index (Phi) is 5.94. The average Bonchev–Trinajstić information content (AvgIpc) is 2.59. The summed E-state index contributed by atoms with van der Waals surface area (Å²) in [5.74, 6) is -0.0498. The third-order valence-corrected chi connectivity index (χ3v) is 4.00. The minimum absolute atomic E-state index is 0.0498. The lowest BCUT2D eigenvalue weighted by Crippen LogP contribution is -2.26.